The maximum absolute atomic E-state index is 12.9. The highest BCUT2D eigenvalue weighted by molar-refractivity contribution is 8.00. The molecule has 0 radical (unpaired) electrons. The van der Waals surface area contributed by atoms with Crippen LogP contribution < -0.4 is 10.2 Å². The zero-order valence-corrected chi connectivity index (χ0v) is 15.9. The number of benzene rings is 1. The highest BCUT2D eigenvalue weighted by Gasteiger charge is 2.35. The third-order valence-electron chi connectivity index (χ3n) is 4.25. The molecule has 0 fully saturated rings. The van der Waals surface area contributed by atoms with Crippen LogP contribution in [0, 0.1) is 6.92 Å². The van der Waals surface area contributed by atoms with E-state index in [0.29, 0.717) is 6.54 Å². The number of carbonyl (C=O) groups is 2. The van der Waals surface area contributed by atoms with Gasteiger partial charge in [0, 0.05) is 24.8 Å². The molecule has 0 aliphatic carbocycles. The van der Waals surface area contributed by atoms with E-state index < -0.39 is 5.25 Å². The molecule has 1 aromatic carbocycles. The smallest absolute Gasteiger partial charge is 0.241 e. The third kappa shape index (κ3) is 4.25. The van der Waals surface area contributed by atoms with Crippen molar-refractivity contribution in [1.29, 1.82) is 0 Å². The van der Waals surface area contributed by atoms with Crippen molar-refractivity contribution in [2.45, 2.75) is 43.4 Å². The van der Waals surface area contributed by atoms with Gasteiger partial charge in [0.1, 0.15) is 5.03 Å². The van der Waals surface area contributed by atoms with E-state index in [0.717, 1.165) is 34.8 Å². The summed E-state index contributed by atoms with van der Waals surface area (Å²) in [6.45, 7) is 4.73. The molecular formula is C20H23N3O2S. The van der Waals surface area contributed by atoms with Crippen molar-refractivity contribution < 1.29 is 9.59 Å². The lowest BCUT2D eigenvalue weighted by atomic mass is 10.2. The Morgan fingerprint density at radius 3 is 2.92 bits per heavy atom. The number of nitrogens with zero attached hydrogens (tertiary/aromatic N) is 2. The number of fused-ring (bicyclic) bond motifs is 1. The molecule has 1 aromatic heterocycles. The molecule has 2 aromatic rings. The van der Waals surface area contributed by atoms with E-state index in [2.05, 4.69) is 17.2 Å². The first kappa shape index (κ1) is 18.5. The molecule has 5 nitrogen and oxygen atoms in total. The fourth-order valence-electron chi connectivity index (χ4n) is 2.94. The monoisotopic (exact) mass is 369 g/mol. The zero-order chi connectivity index (χ0) is 18.5. The lowest BCUT2D eigenvalue weighted by molar-refractivity contribution is -0.122. The first-order valence-electron chi connectivity index (χ1n) is 8.88. The summed E-state index contributed by atoms with van der Waals surface area (Å²) >= 11 is 1.38. The van der Waals surface area contributed by atoms with E-state index in [9.17, 15) is 9.59 Å². The molecule has 2 heterocycles. The summed E-state index contributed by atoms with van der Waals surface area (Å²) in [5, 5.41) is 3.26. The predicted octanol–water partition coefficient (Wildman–Crippen LogP) is 4.03. The molecule has 2 amide bonds. The second kappa shape index (κ2) is 8.36. The van der Waals surface area contributed by atoms with Gasteiger partial charge < -0.3 is 10.2 Å². The Bertz CT molecular complexity index is 809. The minimum atomic E-state index is -0.445. The summed E-state index contributed by atoms with van der Waals surface area (Å²) in [5.41, 5.74) is 2.69. The summed E-state index contributed by atoms with van der Waals surface area (Å²) in [5.74, 6) is -0.167. The number of thioether (sulfide) groups is 1. The number of anilines is 2. The van der Waals surface area contributed by atoms with E-state index in [1.807, 2.05) is 43.3 Å². The normalized spacial score (nSPS) is 16.3. The topological polar surface area (TPSA) is 62.3 Å². The molecular weight excluding hydrogens is 346 g/mol. The minimum absolute atomic E-state index is 0.0108. The third-order valence-corrected chi connectivity index (χ3v) is 5.44. The van der Waals surface area contributed by atoms with Gasteiger partial charge in [-0.1, -0.05) is 37.2 Å². The van der Waals surface area contributed by atoms with Crippen molar-refractivity contribution in [3.8, 4) is 0 Å². The Kier molecular flexibility index (Phi) is 5.93. The molecule has 0 bridgehead atoms. The van der Waals surface area contributed by atoms with Gasteiger partial charge in [-0.3, -0.25) is 9.59 Å². The number of aryl methyl sites for hydroxylation is 1. The van der Waals surface area contributed by atoms with Gasteiger partial charge in [0.25, 0.3) is 0 Å². The lowest BCUT2D eigenvalue weighted by Crippen LogP contribution is -2.43. The van der Waals surface area contributed by atoms with E-state index in [1.54, 1.807) is 11.1 Å². The average Bonchev–Trinajstić information content (AvgIpc) is 2.62. The number of carbonyl (C=O) groups excluding carboxylic acids is 2. The van der Waals surface area contributed by atoms with E-state index in [-0.39, 0.29) is 18.2 Å². The summed E-state index contributed by atoms with van der Waals surface area (Å²) in [7, 11) is 0. The van der Waals surface area contributed by atoms with Gasteiger partial charge in [-0.05, 0) is 43.2 Å². The molecule has 0 saturated heterocycles. The molecule has 3 rings (SSSR count). The molecule has 1 aliphatic rings. The summed E-state index contributed by atoms with van der Waals surface area (Å²) < 4.78 is 0. The van der Waals surface area contributed by atoms with Crippen LogP contribution in [-0.4, -0.2) is 28.6 Å². The maximum atomic E-state index is 12.9. The zero-order valence-electron chi connectivity index (χ0n) is 15.1. The summed E-state index contributed by atoms with van der Waals surface area (Å²) in [4.78, 5) is 31.6. The molecule has 26 heavy (non-hydrogen) atoms. The number of rotatable bonds is 6. The Morgan fingerprint density at radius 2 is 2.15 bits per heavy atom. The molecule has 136 valence electrons. The Morgan fingerprint density at radius 1 is 1.31 bits per heavy atom. The molecule has 1 N–H and O–H groups in total. The quantitative estimate of drug-likeness (QED) is 0.835. The van der Waals surface area contributed by atoms with Crippen LogP contribution in [0.15, 0.2) is 47.6 Å². The van der Waals surface area contributed by atoms with Crippen molar-refractivity contribution in [2.75, 3.05) is 16.8 Å². The number of aromatic nitrogens is 1. The van der Waals surface area contributed by atoms with Crippen LogP contribution >= 0.6 is 11.8 Å². The van der Waals surface area contributed by atoms with Crippen LogP contribution in [0.3, 0.4) is 0 Å². The Labute approximate surface area is 158 Å². The van der Waals surface area contributed by atoms with Crippen LogP contribution in [0.4, 0.5) is 11.4 Å². The van der Waals surface area contributed by atoms with Gasteiger partial charge in [0.2, 0.25) is 11.8 Å². The Balaban J connectivity index is 1.73. The molecule has 0 saturated carbocycles. The second-order valence-corrected chi connectivity index (χ2v) is 7.59. The second-order valence-electron chi connectivity index (χ2n) is 6.40. The van der Waals surface area contributed by atoms with E-state index >= 15 is 0 Å². The standard InChI is InChI=1S/C20H23N3O2S/c1-3-4-11-23-16-9-6-10-21-19(16)26-17(20(23)25)13-18(24)22-15-8-5-7-14(2)12-15/h5-10,12,17H,3-4,11,13H2,1-2H3,(H,22,24). The number of hydrogen-bond acceptors (Lipinski definition) is 4. The van der Waals surface area contributed by atoms with E-state index in [1.165, 1.54) is 11.8 Å². The van der Waals surface area contributed by atoms with Crippen molar-refractivity contribution >= 4 is 35.0 Å². The van der Waals surface area contributed by atoms with Crippen molar-refractivity contribution in [2.24, 2.45) is 0 Å². The number of unbranched alkanes of at least 4 members (excludes halogenated alkanes) is 1. The molecule has 1 aliphatic heterocycles. The van der Waals surface area contributed by atoms with Gasteiger partial charge in [0.15, 0.2) is 0 Å². The molecule has 0 spiro atoms. The number of pyridine rings is 1. The summed E-state index contributed by atoms with van der Waals surface area (Å²) in [6, 6.07) is 11.4. The molecule has 1 atom stereocenters. The van der Waals surface area contributed by atoms with Gasteiger partial charge in [0.05, 0.1) is 10.9 Å². The SMILES string of the molecule is CCCCN1C(=O)C(CC(=O)Nc2cccc(C)c2)Sc2ncccc21. The van der Waals surface area contributed by atoms with E-state index in [4.69, 9.17) is 0 Å². The highest BCUT2D eigenvalue weighted by atomic mass is 32.2. The fraction of sp³-hybridized carbons (Fsp3) is 0.350. The van der Waals surface area contributed by atoms with Gasteiger partial charge in [-0.15, -0.1) is 0 Å². The molecule has 6 heteroatoms. The van der Waals surface area contributed by atoms with Crippen LogP contribution in [0.1, 0.15) is 31.7 Å². The van der Waals surface area contributed by atoms with Crippen molar-refractivity contribution in [3.63, 3.8) is 0 Å². The Hall–Kier alpha value is -2.34. The molecule has 1 unspecified atom stereocenters. The fourth-order valence-corrected chi connectivity index (χ4v) is 4.09. The number of amides is 2. The van der Waals surface area contributed by atoms with Gasteiger partial charge in [-0.25, -0.2) is 4.98 Å². The van der Waals surface area contributed by atoms with Crippen molar-refractivity contribution in [1.82, 2.24) is 4.98 Å². The maximum Gasteiger partial charge on any atom is 0.241 e. The largest absolute Gasteiger partial charge is 0.326 e. The number of hydrogen-bond donors (Lipinski definition) is 1. The first-order chi connectivity index (χ1) is 12.6. The van der Waals surface area contributed by atoms with Crippen molar-refractivity contribution in [3.05, 3.63) is 48.2 Å². The predicted molar refractivity (Wildman–Crippen MR) is 106 cm³/mol. The lowest BCUT2D eigenvalue weighted by Gasteiger charge is -2.32. The van der Waals surface area contributed by atoms with Crippen LogP contribution in [0.25, 0.3) is 0 Å². The van der Waals surface area contributed by atoms with Crippen LogP contribution in [-0.2, 0) is 9.59 Å². The van der Waals surface area contributed by atoms with Crippen LogP contribution in [0.2, 0.25) is 0 Å². The minimum Gasteiger partial charge on any atom is -0.326 e. The van der Waals surface area contributed by atoms with Gasteiger partial charge in [-0.2, -0.15) is 0 Å². The number of nitrogens with one attached hydrogen (secondary N) is 1. The van der Waals surface area contributed by atoms with Crippen LogP contribution in [0.5, 0.6) is 0 Å². The van der Waals surface area contributed by atoms with Gasteiger partial charge >= 0.3 is 0 Å². The summed E-state index contributed by atoms with van der Waals surface area (Å²) in [6.07, 6.45) is 3.79. The first-order valence-corrected chi connectivity index (χ1v) is 9.76. The highest BCUT2D eigenvalue weighted by Crippen LogP contribution is 2.38. The average molecular weight is 369 g/mol.